The van der Waals surface area contributed by atoms with Crippen LogP contribution < -0.4 is 5.32 Å². The van der Waals surface area contributed by atoms with Gasteiger partial charge < -0.3 is 5.32 Å². The van der Waals surface area contributed by atoms with E-state index in [1.165, 1.54) is 40.5 Å². The Morgan fingerprint density at radius 1 is 1.43 bits per heavy atom. The summed E-state index contributed by atoms with van der Waals surface area (Å²) in [6, 6.07) is 7.63. The number of rotatable bonds is 3. The van der Waals surface area contributed by atoms with E-state index in [9.17, 15) is 14.4 Å². The van der Waals surface area contributed by atoms with Gasteiger partial charge in [0.2, 0.25) is 0 Å². The zero-order chi connectivity index (χ0) is 16.4. The SMILES string of the molecule is CCC1CCc2c(sc(NC(=O)c3ccc(F)cc3)c2C#N)C1. The van der Waals surface area contributed by atoms with Crippen LogP contribution in [-0.4, -0.2) is 5.91 Å². The molecule has 0 fully saturated rings. The molecule has 1 amide bonds. The van der Waals surface area contributed by atoms with E-state index in [0.29, 0.717) is 22.0 Å². The third-order valence-corrected chi connectivity index (χ3v) is 5.56. The fraction of sp³-hybridized carbons (Fsp3) is 0.333. The molecule has 23 heavy (non-hydrogen) atoms. The number of carbonyl (C=O) groups is 1. The van der Waals surface area contributed by atoms with E-state index in [0.717, 1.165) is 31.2 Å². The molecule has 1 aliphatic carbocycles. The molecule has 2 aromatic rings. The van der Waals surface area contributed by atoms with Crippen LogP contribution in [0.15, 0.2) is 24.3 Å². The van der Waals surface area contributed by atoms with E-state index in [-0.39, 0.29) is 11.7 Å². The van der Waals surface area contributed by atoms with Crippen molar-refractivity contribution in [3.63, 3.8) is 0 Å². The van der Waals surface area contributed by atoms with Crippen LogP contribution in [0.3, 0.4) is 0 Å². The number of carbonyl (C=O) groups excluding carboxylic acids is 1. The molecule has 3 nitrogen and oxygen atoms in total. The highest BCUT2D eigenvalue weighted by atomic mass is 32.1. The van der Waals surface area contributed by atoms with Gasteiger partial charge in [-0.3, -0.25) is 4.79 Å². The van der Waals surface area contributed by atoms with Gasteiger partial charge in [-0.25, -0.2) is 4.39 Å². The number of nitrogens with zero attached hydrogens (tertiary/aromatic N) is 1. The van der Waals surface area contributed by atoms with Crippen molar-refractivity contribution >= 4 is 22.2 Å². The van der Waals surface area contributed by atoms with Crippen LogP contribution in [0.1, 0.15) is 46.1 Å². The number of halogens is 1. The molecular formula is C18H17FN2OS. The number of nitriles is 1. The summed E-state index contributed by atoms with van der Waals surface area (Å²) in [7, 11) is 0. The van der Waals surface area contributed by atoms with Gasteiger partial charge in [0.1, 0.15) is 16.9 Å². The Bertz CT molecular complexity index is 774. The molecule has 0 saturated heterocycles. The summed E-state index contributed by atoms with van der Waals surface area (Å²) in [5.41, 5.74) is 2.07. The second kappa shape index (κ2) is 6.51. The first-order chi connectivity index (χ1) is 11.1. The molecule has 5 heteroatoms. The Hall–Kier alpha value is -2.19. The van der Waals surface area contributed by atoms with Crippen LogP contribution in [0, 0.1) is 23.1 Å². The van der Waals surface area contributed by atoms with Crippen LogP contribution in [0.4, 0.5) is 9.39 Å². The van der Waals surface area contributed by atoms with Gasteiger partial charge in [-0.15, -0.1) is 11.3 Å². The smallest absolute Gasteiger partial charge is 0.256 e. The minimum atomic E-state index is -0.378. The molecule has 1 aromatic carbocycles. The van der Waals surface area contributed by atoms with Crippen molar-refractivity contribution in [3.05, 3.63) is 51.7 Å². The summed E-state index contributed by atoms with van der Waals surface area (Å²) >= 11 is 1.50. The molecular weight excluding hydrogens is 311 g/mol. The summed E-state index contributed by atoms with van der Waals surface area (Å²) in [5.74, 6) is -0.0306. The highest BCUT2D eigenvalue weighted by Gasteiger charge is 2.25. The largest absolute Gasteiger partial charge is 0.312 e. The average molecular weight is 328 g/mol. The number of nitrogens with one attached hydrogen (secondary N) is 1. The first kappa shape index (κ1) is 15.7. The van der Waals surface area contributed by atoms with Gasteiger partial charge in [-0.05, 0) is 55.0 Å². The lowest BCUT2D eigenvalue weighted by Crippen LogP contribution is -2.12. The topological polar surface area (TPSA) is 52.9 Å². The van der Waals surface area contributed by atoms with Crippen molar-refractivity contribution in [2.24, 2.45) is 5.92 Å². The lowest BCUT2D eigenvalue weighted by atomic mass is 9.86. The Balaban J connectivity index is 1.86. The van der Waals surface area contributed by atoms with E-state index >= 15 is 0 Å². The van der Waals surface area contributed by atoms with Crippen LogP contribution in [-0.2, 0) is 12.8 Å². The van der Waals surface area contributed by atoms with Crippen LogP contribution in [0.2, 0.25) is 0 Å². The predicted molar refractivity (Wildman–Crippen MR) is 89.2 cm³/mol. The zero-order valence-electron chi connectivity index (χ0n) is 12.9. The summed E-state index contributed by atoms with van der Waals surface area (Å²) in [4.78, 5) is 13.5. The highest BCUT2D eigenvalue weighted by Crippen LogP contribution is 2.40. The number of thiophene rings is 1. The quantitative estimate of drug-likeness (QED) is 0.900. The van der Waals surface area contributed by atoms with Crippen molar-refractivity contribution in [2.75, 3.05) is 5.32 Å². The number of benzene rings is 1. The molecule has 0 aliphatic heterocycles. The molecule has 0 radical (unpaired) electrons. The van der Waals surface area contributed by atoms with Crippen molar-refractivity contribution in [1.82, 2.24) is 0 Å². The van der Waals surface area contributed by atoms with Crippen LogP contribution in [0.25, 0.3) is 0 Å². The van der Waals surface area contributed by atoms with E-state index in [1.807, 2.05) is 0 Å². The minimum Gasteiger partial charge on any atom is -0.312 e. The molecule has 1 atom stereocenters. The van der Waals surface area contributed by atoms with Crippen molar-refractivity contribution in [1.29, 1.82) is 5.26 Å². The average Bonchev–Trinajstić information content (AvgIpc) is 2.91. The van der Waals surface area contributed by atoms with Gasteiger partial charge in [0.25, 0.3) is 5.91 Å². The molecule has 118 valence electrons. The van der Waals surface area contributed by atoms with Gasteiger partial charge in [-0.1, -0.05) is 13.3 Å². The number of hydrogen-bond acceptors (Lipinski definition) is 3. The first-order valence-corrected chi connectivity index (χ1v) is 8.55. The monoisotopic (exact) mass is 328 g/mol. The maximum Gasteiger partial charge on any atom is 0.256 e. The van der Waals surface area contributed by atoms with E-state index in [1.54, 1.807) is 0 Å². The van der Waals surface area contributed by atoms with Gasteiger partial charge in [0, 0.05) is 10.4 Å². The summed E-state index contributed by atoms with van der Waals surface area (Å²) in [6.45, 7) is 2.19. The summed E-state index contributed by atoms with van der Waals surface area (Å²) in [5, 5.41) is 12.9. The maximum absolute atomic E-state index is 12.9. The minimum absolute atomic E-state index is 0.313. The first-order valence-electron chi connectivity index (χ1n) is 7.74. The Kier molecular flexibility index (Phi) is 4.44. The molecule has 1 heterocycles. The lowest BCUT2D eigenvalue weighted by molar-refractivity contribution is 0.102. The van der Waals surface area contributed by atoms with Gasteiger partial charge >= 0.3 is 0 Å². The van der Waals surface area contributed by atoms with E-state index in [4.69, 9.17) is 0 Å². The Labute approximate surface area is 138 Å². The fourth-order valence-electron chi connectivity index (χ4n) is 2.99. The van der Waals surface area contributed by atoms with Crippen molar-refractivity contribution in [3.8, 4) is 6.07 Å². The number of fused-ring (bicyclic) bond motifs is 1. The molecule has 1 aromatic heterocycles. The van der Waals surface area contributed by atoms with Crippen LogP contribution in [0.5, 0.6) is 0 Å². The molecule has 0 saturated carbocycles. The molecule has 0 bridgehead atoms. The summed E-state index contributed by atoms with van der Waals surface area (Å²) in [6.07, 6.45) is 4.12. The van der Waals surface area contributed by atoms with Gasteiger partial charge in [0.05, 0.1) is 5.56 Å². The molecule has 1 N–H and O–H groups in total. The third kappa shape index (κ3) is 3.13. The van der Waals surface area contributed by atoms with Crippen molar-refractivity contribution in [2.45, 2.75) is 32.6 Å². The third-order valence-electron chi connectivity index (χ3n) is 4.39. The number of amides is 1. The highest BCUT2D eigenvalue weighted by molar-refractivity contribution is 7.16. The predicted octanol–water partition coefficient (Wildman–Crippen LogP) is 4.53. The molecule has 0 spiro atoms. The number of hydrogen-bond donors (Lipinski definition) is 1. The lowest BCUT2D eigenvalue weighted by Gasteiger charge is -2.20. The fourth-order valence-corrected chi connectivity index (χ4v) is 4.29. The van der Waals surface area contributed by atoms with Gasteiger partial charge in [-0.2, -0.15) is 5.26 Å². The normalized spacial score (nSPS) is 16.5. The van der Waals surface area contributed by atoms with Gasteiger partial charge in [0.15, 0.2) is 0 Å². The molecule has 3 rings (SSSR count). The van der Waals surface area contributed by atoms with Crippen molar-refractivity contribution < 1.29 is 9.18 Å². The Morgan fingerprint density at radius 2 is 2.17 bits per heavy atom. The zero-order valence-corrected chi connectivity index (χ0v) is 13.7. The number of anilines is 1. The second-order valence-electron chi connectivity index (χ2n) is 5.80. The van der Waals surface area contributed by atoms with Crippen LogP contribution >= 0.6 is 11.3 Å². The van der Waals surface area contributed by atoms with E-state index in [2.05, 4.69) is 18.3 Å². The summed E-state index contributed by atoms with van der Waals surface area (Å²) < 4.78 is 12.9. The maximum atomic E-state index is 12.9. The standard InChI is InChI=1S/C18H17FN2OS/c1-2-11-3-8-14-15(10-20)18(23-16(14)9-11)21-17(22)12-4-6-13(19)7-5-12/h4-7,11H,2-3,8-9H2,1H3,(H,21,22). The molecule has 1 unspecified atom stereocenters. The molecule has 1 aliphatic rings. The van der Waals surface area contributed by atoms with E-state index < -0.39 is 0 Å². The second-order valence-corrected chi connectivity index (χ2v) is 6.90. The Morgan fingerprint density at radius 3 is 2.83 bits per heavy atom.